The Morgan fingerprint density at radius 2 is 2.17 bits per heavy atom. The molecule has 0 aromatic heterocycles. The molecule has 5 nitrogen and oxygen atoms in total. The number of nitrogens with zero attached hydrogens (tertiary/aromatic N) is 1. The fourth-order valence-electron chi connectivity index (χ4n) is 0.549. The molecular formula is C7H12N2O3. The Hall–Kier alpha value is -1.52. The largest absolute Gasteiger partial charge is 0.478 e. The number of likely N-dealkylation sites (N-methyl/N-ethyl adjacent to an activating group) is 2. The number of carbonyl (C=O) groups is 2. The number of rotatable bonds is 4. The molecular weight excluding hydrogens is 160 g/mol. The molecule has 0 unspecified atom stereocenters. The zero-order chi connectivity index (χ0) is 9.56. The van der Waals surface area contributed by atoms with Crippen molar-refractivity contribution in [3.8, 4) is 0 Å². The topological polar surface area (TPSA) is 69.6 Å². The quantitative estimate of drug-likeness (QED) is 0.548. The van der Waals surface area contributed by atoms with Crippen molar-refractivity contribution in [2.24, 2.45) is 0 Å². The Morgan fingerprint density at radius 3 is 2.58 bits per heavy atom. The lowest BCUT2D eigenvalue weighted by Crippen LogP contribution is -2.30. The average molecular weight is 172 g/mol. The first-order chi connectivity index (χ1) is 5.56. The summed E-state index contributed by atoms with van der Waals surface area (Å²) in [7, 11) is 3.14. The van der Waals surface area contributed by atoms with E-state index in [1.54, 1.807) is 7.05 Å². The van der Waals surface area contributed by atoms with Gasteiger partial charge in [-0.25, -0.2) is 4.79 Å². The van der Waals surface area contributed by atoms with Crippen LogP contribution in [0, 0.1) is 0 Å². The minimum atomic E-state index is -1.03. The van der Waals surface area contributed by atoms with Crippen LogP contribution in [0.5, 0.6) is 0 Å². The highest BCUT2D eigenvalue weighted by molar-refractivity contribution is 5.80. The van der Waals surface area contributed by atoms with E-state index in [0.29, 0.717) is 0 Å². The van der Waals surface area contributed by atoms with Gasteiger partial charge in [-0.05, 0) is 0 Å². The predicted octanol–water partition coefficient (Wildman–Crippen LogP) is -0.737. The van der Waals surface area contributed by atoms with Crippen molar-refractivity contribution in [3.05, 3.63) is 12.3 Å². The van der Waals surface area contributed by atoms with Crippen LogP contribution in [0.15, 0.2) is 12.3 Å². The van der Waals surface area contributed by atoms with Gasteiger partial charge in [0.2, 0.25) is 5.91 Å². The molecule has 0 aliphatic rings. The first kappa shape index (κ1) is 10.5. The molecule has 0 aliphatic carbocycles. The first-order valence-electron chi connectivity index (χ1n) is 3.38. The number of aliphatic carboxylic acids is 1. The lowest BCUT2D eigenvalue weighted by Gasteiger charge is -2.11. The van der Waals surface area contributed by atoms with E-state index in [-0.39, 0.29) is 12.5 Å². The number of hydrogen-bond acceptors (Lipinski definition) is 3. The van der Waals surface area contributed by atoms with Crippen LogP contribution in [0.4, 0.5) is 0 Å². The third-order valence-electron chi connectivity index (χ3n) is 1.14. The van der Waals surface area contributed by atoms with Crippen molar-refractivity contribution in [1.82, 2.24) is 10.2 Å². The van der Waals surface area contributed by atoms with Crippen molar-refractivity contribution in [1.29, 1.82) is 0 Å². The molecule has 0 bridgehead atoms. The normalized spacial score (nSPS) is 9.83. The molecule has 0 heterocycles. The highest BCUT2D eigenvalue weighted by Gasteiger charge is 1.99. The molecule has 0 spiro atoms. The molecule has 0 aromatic carbocycles. The van der Waals surface area contributed by atoms with Gasteiger partial charge < -0.3 is 15.3 Å². The van der Waals surface area contributed by atoms with E-state index in [1.165, 1.54) is 18.1 Å². The summed E-state index contributed by atoms with van der Waals surface area (Å²) >= 11 is 0. The van der Waals surface area contributed by atoms with E-state index < -0.39 is 5.97 Å². The summed E-state index contributed by atoms with van der Waals surface area (Å²) in [6, 6.07) is 0. The van der Waals surface area contributed by atoms with E-state index in [9.17, 15) is 9.59 Å². The summed E-state index contributed by atoms with van der Waals surface area (Å²) in [5, 5.41) is 10.7. The molecule has 12 heavy (non-hydrogen) atoms. The summed E-state index contributed by atoms with van der Waals surface area (Å²) in [5.41, 5.74) is 0. The fourth-order valence-corrected chi connectivity index (χ4v) is 0.549. The summed E-state index contributed by atoms with van der Waals surface area (Å²) in [4.78, 5) is 22.3. The Balaban J connectivity index is 3.81. The smallest absolute Gasteiger partial charge is 0.329 e. The summed E-state index contributed by atoms with van der Waals surface area (Å²) < 4.78 is 0. The van der Waals surface area contributed by atoms with E-state index in [1.807, 2.05) is 0 Å². The molecule has 68 valence electrons. The second kappa shape index (κ2) is 5.17. The number of carboxylic acid groups (broad SMARTS) is 1. The van der Waals surface area contributed by atoms with Crippen molar-refractivity contribution in [3.63, 3.8) is 0 Å². The van der Waals surface area contributed by atoms with Crippen LogP contribution in [0.25, 0.3) is 0 Å². The molecule has 0 fully saturated rings. The van der Waals surface area contributed by atoms with Gasteiger partial charge in [-0.2, -0.15) is 0 Å². The molecule has 0 radical (unpaired) electrons. The van der Waals surface area contributed by atoms with E-state index in [2.05, 4.69) is 5.32 Å². The van der Waals surface area contributed by atoms with E-state index in [0.717, 1.165) is 6.08 Å². The molecule has 0 aliphatic heterocycles. The third-order valence-corrected chi connectivity index (χ3v) is 1.14. The van der Waals surface area contributed by atoms with Gasteiger partial charge in [-0.3, -0.25) is 4.79 Å². The Kier molecular flexibility index (Phi) is 4.52. The predicted molar refractivity (Wildman–Crippen MR) is 43.5 cm³/mol. The van der Waals surface area contributed by atoms with Gasteiger partial charge in [-0.1, -0.05) is 0 Å². The number of carboxylic acids is 1. The van der Waals surface area contributed by atoms with Crippen molar-refractivity contribution in [2.45, 2.75) is 0 Å². The summed E-state index contributed by atoms with van der Waals surface area (Å²) in [6.45, 7) is 0.153. The zero-order valence-electron chi connectivity index (χ0n) is 7.07. The molecule has 1 amide bonds. The second-order valence-corrected chi connectivity index (χ2v) is 2.24. The van der Waals surface area contributed by atoms with Crippen LogP contribution < -0.4 is 5.32 Å². The van der Waals surface area contributed by atoms with Crippen molar-refractivity contribution < 1.29 is 14.7 Å². The minimum Gasteiger partial charge on any atom is -0.478 e. The van der Waals surface area contributed by atoms with Gasteiger partial charge in [0.1, 0.15) is 0 Å². The minimum absolute atomic E-state index is 0.153. The number of carbonyl (C=O) groups excluding carboxylic acids is 1. The van der Waals surface area contributed by atoms with E-state index in [4.69, 9.17) is 5.11 Å². The standard InChI is InChI=1S/C7H12N2O3/c1-8-6(10)5-9(2)4-3-7(11)12/h3-4H,5H2,1-2H3,(H,8,10)(H,11,12). The Morgan fingerprint density at radius 1 is 1.58 bits per heavy atom. The Labute approximate surface area is 70.7 Å². The van der Waals surface area contributed by atoms with Gasteiger partial charge in [0.05, 0.1) is 6.54 Å². The number of hydrogen-bond donors (Lipinski definition) is 2. The van der Waals surface area contributed by atoms with Crippen LogP contribution in [-0.4, -0.2) is 42.5 Å². The van der Waals surface area contributed by atoms with E-state index >= 15 is 0 Å². The first-order valence-corrected chi connectivity index (χ1v) is 3.38. The van der Waals surface area contributed by atoms with Gasteiger partial charge >= 0.3 is 5.97 Å². The molecule has 0 atom stereocenters. The maximum atomic E-state index is 10.7. The van der Waals surface area contributed by atoms with Crippen LogP contribution >= 0.6 is 0 Å². The maximum absolute atomic E-state index is 10.7. The van der Waals surface area contributed by atoms with Gasteiger partial charge in [-0.15, -0.1) is 0 Å². The monoisotopic (exact) mass is 172 g/mol. The summed E-state index contributed by atoms with van der Waals surface area (Å²) in [6.07, 6.45) is 2.31. The molecule has 5 heteroatoms. The molecule has 0 aromatic rings. The highest BCUT2D eigenvalue weighted by atomic mass is 16.4. The molecule has 2 N–H and O–H groups in total. The summed E-state index contributed by atoms with van der Waals surface area (Å²) in [5.74, 6) is -1.19. The lowest BCUT2D eigenvalue weighted by atomic mass is 10.5. The van der Waals surface area contributed by atoms with Crippen LogP contribution in [0.1, 0.15) is 0 Å². The van der Waals surface area contributed by atoms with Crippen molar-refractivity contribution in [2.75, 3.05) is 20.6 Å². The Bertz CT molecular complexity index is 201. The SMILES string of the molecule is CNC(=O)CN(C)C=CC(=O)O. The highest BCUT2D eigenvalue weighted by Crippen LogP contribution is 1.83. The van der Waals surface area contributed by atoms with Crippen molar-refractivity contribution >= 4 is 11.9 Å². The van der Waals surface area contributed by atoms with Gasteiger partial charge in [0.15, 0.2) is 0 Å². The zero-order valence-corrected chi connectivity index (χ0v) is 7.07. The molecule has 0 rings (SSSR count). The van der Waals surface area contributed by atoms with Crippen LogP contribution in [0.2, 0.25) is 0 Å². The van der Waals surface area contributed by atoms with Crippen LogP contribution in [-0.2, 0) is 9.59 Å². The number of nitrogens with one attached hydrogen (secondary N) is 1. The maximum Gasteiger partial charge on any atom is 0.329 e. The third kappa shape index (κ3) is 5.28. The van der Waals surface area contributed by atoms with Gasteiger partial charge in [0.25, 0.3) is 0 Å². The van der Waals surface area contributed by atoms with Gasteiger partial charge in [0, 0.05) is 26.4 Å². The second-order valence-electron chi connectivity index (χ2n) is 2.24. The molecule has 0 saturated heterocycles. The van der Waals surface area contributed by atoms with Crippen LogP contribution in [0.3, 0.4) is 0 Å². The lowest BCUT2D eigenvalue weighted by molar-refractivity contribution is -0.131. The average Bonchev–Trinajstić information content (AvgIpc) is 2.00. The fraction of sp³-hybridized carbons (Fsp3) is 0.429. The number of amides is 1. The molecule has 0 saturated carbocycles.